The van der Waals surface area contributed by atoms with Gasteiger partial charge in [0.05, 0.1) is 35.3 Å². The van der Waals surface area contributed by atoms with E-state index in [0.29, 0.717) is 24.5 Å². The van der Waals surface area contributed by atoms with Gasteiger partial charge in [-0.2, -0.15) is 0 Å². The van der Waals surface area contributed by atoms with Gasteiger partial charge in [-0.3, -0.25) is 0 Å². The summed E-state index contributed by atoms with van der Waals surface area (Å²) >= 11 is 1.13. The predicted molar refractivity (Wildman–Crippen MR) is 73.4 cm³/mol. The maximum atomic E-state index is 10.8. The first kappa shape index (κ1) is 14.3. The van der Waals surface area contributed by atoms with E-state index in [4.69, 9.17) is 9.47 Å². The van der Waals surface area contributed by atoms with Gasteiger partial charge < -0.3 is 19.4 Å². The molecular weight excluding hydrogens is 278 g/mol. The van der Waals surface area contributed by atoms with Crippen LogP contribution in [0.25, 0.3) is 0 Å². The third kappa shape index (κ3) is 3.48. The highest BCUT2D eigenvalue weighted by atomic mass is 32.1. The standard InChI is InChI=1S/C14H15NO4S/c1-9-13(14(16)17)20-12(15-9)6-7-19-11-5-3-4-10(8-11)18-2/h3-5,8H,6-7H2,1-2H3,(H,16,17)/p-1. The van der Waals surface area contributed by atoms with Crippen LogP contribution in [-0.2, 0) is 6.42 Å². The van der Waals surface area contributed by atoms with Gasteiger partial charge in [0.25, 0.3) is 0 Å². The number of carbonyl (C=O) groups excluding carboxylic acids is 1. The number of carbonyl (C=O) groups is 1. The molecule has 5 nitrogen and oxygen atoms in total. The van der Waals surface area contributed by atoms with Crippen molar-refractivity contribution in [1.82, 2.24) is 4.98 Å². The summed E-state index contributed by atoms with van der Waals surface area (Å²) in [6.45, 7) is 2.08. The van der Waals surface area contributed by atoms with Crippen LogP contribution >= 0.6 is 11.3 Å². The van der Waals surface area contributed by atoms with Gasteiger partial charge in [-0.1, -0.05) is 6.07 Å². The normalized spacial score (nSPS) is 10.3. The highest BCUT2D eigenvalue weighted by Crippen LogP contribution is 2.20. The molecule has 0 saturated heterocycles. The molecular formula is C14H14NO4S-. The first-order valence-electron chi connectivity index (χ1n) is 6.04. The summed E-state index contributed by atoms with van der Waals surface area (Å²) in [5.41, 5.74) is 0.492. The zero-order valence-electron chi connectivity index (χ0n) is 11.2. The molecule has 0 atom stereocenters. The summed E-state index contributed by atoms with van der Waals surface area (Å²) in [4.78, 5) is 15.2. The minimum atomic E-state index is -1.18. The van der Waals surface area contributed by atoms with E-state index in [2.05, 4.69) is 4.98 Å². The molecule has 20 heavy (non-hydrogen) atoms. The fraction of sp³-hybridized carbons (Fsp3) is 0.286. The smallest absolute Gasteiger partial charge is 0.123 e. The predicted octanol–water partition coefficient (Wildman–Crippen LogP) is 1.45. The Morgan fingerprint density at radius 1 is 1.40 bits per heavy atom. The molecule has 0 fully saturated rings. The van der Waals surface area contributed by atoms with Crippen LogP contribution < -0.4 is 14.6 Å². The van der Waals surface area contributed by atoms with E-state index in [0.717, 1.165) is 22.1 Å². The molecule has 0 unspecified atom stereocenters. The number of methoxy groups -OCH3 is 1. The number of aromatic nitrogens is 1. The van der Waals surface area contributed by atoms with Crippen molar-refractivity contribution in [3.63, 3.8) is 0 Å². The van der Waals surface area contributed by atoms with E-state index < -0.39 is 5.97 Å². The van der Waals surface area contributed by atoms with Gasteiger partial charge in [-0.25, -0.2) is 4.98 Å². The molecule has 6 heteroatoms. The maximum Gasteiger partial charge on any atom is 0.123 e. The first-order chi connectivity index (χ1) is 9.60. The highest BCUT2D eigenvalue weighted by Gasteiger charge is 2.08. The molecule has 0 saturated carbocycles. The molecule has 0 aliphatic rings. The molecule has 1 aromatic carbocycles. The topological polar surface area (TPSA) is 71.5 Å². The average molecular weight is 292 g/mol. The number of rotatable bonds is 6. The van der Waals surface area contributed by atoms with Crippen LogP contribution in [0.4, 0.5) is 0 Å². The molecule has 0 aliphatic carbocycles. The Balaban J connectivity index is 1.92. The van der Waals surface area contributed by atoms with E-state index in [9.17, 15) is 9.90 Å². The van der Waals surface area contributed by atoms with E-state index in [-0.39, 0.29) is 4.88 Å². The SMILES string of the molecule is COc1cccc(OCCc2nc(C)c(C(=O)[O-])s2)c1. The second-order valence-corrected chi connectivity index (χ2v) is 5.17. The molecule has 0 amide bonds. The Morgan fingerprint density at radius 2 is 2.15 bits per heavy atom. The van der Waals surface area contributed by atoms with E-state index in [1.807, 2.05) is 18.2 Å². The summed E-state index contributed by atoms with van der Waals surface area (Å²) in [7, 11) is 1.60. The van der Waals surface area contributed by atoms with Gasteiger partial charge >= 0.3 is 0 Å². The van der Waals surface area contributed by atoms with E-state index >= 15 is 0 Å². The average Bonchev–Trinajstić information content (AvgIpc) is 2.80. The van der Waals surface area contributed by atoms with Crippen molar-refractivity contribution in [3.05, 3.63) is 39.8 Å². The van der Waals surface area contributed by atoms with Crippen LogP contribution in [0, 0.1) is 6.92 Å². The Kier molecular flexibility index (Phi) is 4.57. The molecule has 1 aromatic heterocycles. The summed E-state index contributed by atoms with van der Waals surface area (Å²) in [6, 6.07) is 7.31. The fourth-order valence-corrected chi connectivity index (χ4v) is 2.58. The number of aromatic carboxylic acids is 1. The van der Waals surface area contributed by atoms with Crippen LogP contribution in [0.5, 0.6) is 11.5 Å². The molecule has 2 aromatic rings. The third-order valence-corrected chi connectivity index (χ3v) is 3.85. The molecule has 0 bridgehead atoms. The van der Waals surface area contributed by atoms with Crippen molar-refractivity contribution in [2.24, 2.45) is 0 Å². The monoisotopic (exact) mass is 292 g/mol. The fourth-order valence-electron chi connectivity index (χ4n) is 1.70. The van der Waals surface area contributed by atoms with Crippen LogP contribution in [0.1, 0.15) is 20.4 Å². The first-order valence-corrected chi connectivity index (χ1v) is 6.86. The summed E-state index contributed by atoms with van der Waals surface area (Å²) in [6.07, 6.45) is 0.552. The molecule has 0 N–H and O–H groups in total. The zero-order chi connectivity index (χ0) is 14.5. The number of carboxylic acids is 1. The van der Waals surface area contributed by atoms with Gasteiger partial charge in [0.15, 0.2) is 0 Å². The van der Waals surface area contributed by atoms with Gasteiger partial charge in [-0.05, 0) is 19.1 Å². The molecule has 1 heterocycles. The zero-order valence-corrected chi connectivity index (χ0v) is 12.0. The summed E-state index contributed by atoms with van der Waals surface area (Å²) in [5.74, 6) is 0.254. The lowest BCUT2D eigenvalue weighted by atomic mass is 10.3. The summed E-state index contributed by atoms with van der Waals surface area (Å²) in [5, 5.41) is 11.5. The Hall–Kier alpha value is -2.08. The second kappa shape index (κ2) is 6.38. The minimum Gasteiger partial charge on any atom is -0.544 e. The molecule has 2 rings (SSSR count). The number of thiazole rings is 1. The number of aryl methyl sites for hydroxylation is 1. The molecule has 0 radical (unpaired) electrons. The van der Waals surface area contributed by atoms with Crippen molar-refractivity contribution in [2.45, 2.75) is 13.3 Å². The highest BCUT2D eigenvalue weighted by molar-refractivity contribution is 7.13. The lowest BCUT2D eigenvalue weighted by Gasteiger charge is -2.06. The number of benzene rings is 1. The number of hydrogen-bond acceptors (Lipinski definition) is 6. The number of ether oxygens (including phenoxy) is 2. The van der Waals surface area contributed by atoms with Gasteiger partial charge in [-0.15, -0.1) is 11.3 Å². The largest absolute Gasteiger partial charge is 0.544 e. The van der Waals surface area contributed by atoms with E-state index in [1.54, 1.807) is 20.1 Å². The quantitative estimate of drug-likeness (QED) is 0.805. The van der Waals surface area contributed by atoms with Crippen LogP contribution in [0.2, 0.25) is 0 Å². The van der Waals surface area contributed by atoms with Crippen LogP contribution in [-0.4, -0.2) is 24.7 Å². The minimum absolute atomic E-state index is 0.182. The van der Waals surface area contributed by atoms with Gasteiger partial charge in [0, 0.05) is 12.5 Å². The van der Waals surface area contributed by atoms with Gasteiger partial charge in [0.1, 0.15) is 11.5 Å². The Morgan fingerprint density at radius 3 is 2.80 bits per heavy atom. The van der Waals surface area contributed by atoms with Crippen LogP contribution in [0.15, 0.2) is 24.3 Å². The van der Waals surface area contributed by atoms with Gasteiger partial charge in [0.2, 0.25) is 0 Å². The lowest BCUT2D eigenvalue weighted by Crippen LogP contribution is -2.21. The van der Waals surface area contributed by atoms with E-state index in [1.165, 1.54) is 0 Å². The molecule has 0 spiro atoms. The molecule has 0 aliphatic heterocycles. The maximum absolute atomic E-state index is 10.8. The van der Waals surface area contributed by atoms with Crippen molar-refractivity contribution in [1.29, 1.82) is 0 Å². The van der Waals surface area contributed by atoms with Crippen molar-refractivity contribution >= 4 is 17.3 Å². The Bertz CT molecular complexity index is 609. The van der Waals surface area contributed by atoms with Crippen molar-refractivity contribution in [3.8, 4) is 11.5 Å². The molecule has 106 valence electrons. The third-order valence-electron chi connectivity index (χ3n) is 2.65. The van der Waals surface area contributed by atoms with Crippen LogP contribution in [0.3, 0.4) is 0 Å². The number of nitrogens with zero attached hydrogens (tertiary/aromatic N) is 1. The Labute approximate surface area is 120 Å². The van der Waals surface area contributed by atoms with Crippen molar-refractivity contribution < 1.29 is 19.4 Å². The van der Waals surface area contributed by atoms with Crippen molar-refractivity contribution in [2.75, 3.05) is 13.7 Å². The second-order valence-electron chi connectivity index (χ2n) is 4.09. The lowest BCUT2D eigenvalue weighted by molar-refractivity contribution is -0.254. The number of carboxylic acid groups (broad SMARTS) is 1. The number of hydrogen-bond donors (Lipinski definition) is 0. The summed E-state index contributed by atoms with van der Waals surface area (Å²) < 4.78 is 10.7.